The van der Waals surface area contributed by atoms with Gasteiger partial charge in [0.05, 0.1) is 5.69 Å². The van der Waals surface area contributed by atoms with Gasteiger partial charge in [-0.1, -0.05) is 12.1 Å². The highest BCUT2D eigenvalue weighted by Crippen LogP contribution is 2.22. The maximum atomic E-state index is 10.6. The van der Waals surface area contributed by atoms with Crippen LogP contribution in [0.3, 0.4) is 0 Å². The largest absolute Gasteiger partial charge is 0.465 e. The second-order valence-electron chi connectivity index (χ2n) is 3.13. The van der Waals surface area contributed by atoms with Gasteiger partial charge in [0.15, 0.2) is 6.33 Å². The number of nitrogens with one attached hydrogen (secondary N) is 1. The van der Waals surface area contributed by atoms with E-state index in [0.717, 1.165) is 5.56 Å². The summed E-state index contributed by atoms with van der Waals surface area (Å²) in [5, 5.41) is 22.2. The van der Waals surface area contributed by atoms with E-state index < -0.39 is 6.09 Å². The number of aryl methyl sites for hydroxylation is 1. The third kappa shape index (κ3) is 1.83. The van der Waals surface area contributed by atoms with Crippen molar-refractivity contribution in [3.63, 3.8) is 0 Å². The molecule has 0 saturated heterocycles. The molecule has 0 fully saturated rings. The molecule has 1 amide bonds. The summed E-state index contributed by atoms with van der Waals surface area (Å²) in [4.78, 5) is 11.9. The van der Waals surface area contributed by atoms with E-state index in [1.165, 1.54) is 11.1 Å². The Hall–Kier alpha value is -2.44. The molecule has 2 aromatic rings. The summed E-state index contributed by atoms with van der Waals surface area (Å²) in [7, 11) is 0. The topological polar surface area (TPSA) is 92.9 Å². The minimum absolute atomic E-state index is 0.422. The van der Waals surface area contributed by atoms with Gasteiger partial charge in [0.25, 0.3) is 0 Å². The molecule has 7 nitrogen and oxygen atoms in total. The number of para-hydroxylation sites is 1. The molecule has 0 bridgehead atoms. The third-order valence-corrected chi connectivity index (χ3v) is 2.03. The second kappa shape index (κ2) is 3.97. The fourth-order valence-corrected chi connectivity index (χ4v) is 1.41. The monoisotopic (exact) mass is 219 g/mol. The van der Waals surface area contributed by atoms with Crippen LogP contribution in [0.4, 0.5) is 10.5 Å². The number of nitrogens with zero attached hydrogens (tertiary/aromatic N) is 4. The molecule has 82 valence electrons. The maximum absolute atomic E-state index is 10.6. The summed E-state index contributed by atoms with van der Waals surface area (Å²) in [6, 6.07) is 5.23. The molecule has 0 aliphatic rings. The number of hydrogen-bond donors (Lipinski definition) is 2. The Morgan fingerprint density at radius 3 is 2.94 bits per heavy atom. The van der Waals surface area contributed by atoms with Crippen LogP contribution in [0.1, 0.15) is 5.56 Å². The van der Waals surface area contributed by atoms with E-state index in [1.54, 1.807) is 12.1 Å². The van der Waals surface area contributed by atoms with Crippen LogP contribution in [-0.4, -0.2) is 31.4 Å². The lowest BCUT2D eigenvalue weighted by atomic mass is 10.1. The minimum atomic E-state index is -1.13. The normalized spacial score (nSPS) is 10.1. The van der Waals surface area contributed by atoms with E-state index >= 15 is 0 Å². The zero-order chi connectivity index (χ0) is 11.5. The van der Waals surface area contributed by atoms with Gasteiger partial charge < -0.3 is 5.11 Å². The summed E-state index contributed by atoms with van der Waals surface area (Å²) in [5.41, 5.74) is 1.84. The molecular weight excluding hydrogens is 210 g/mol. The molecule has 1 heterocycles. The average Bonchev–Trinajstić information content (AvgIpc) is 2.69. The van der Waals surface area contributed by atoms with Gasteiger partial charge in [-0.25, -0.2) is 4.79 Å². The molecule has 0 aliphatic carbocycles. The first-order valence-electron chi connectivity index (χ1n) is 4.51. The number of hydrogen-bond acceptors (Lipinski definition) is 4. The Labute approximate surface area is 90.7 Å². The smallest absolute Gasteiger partial charge is 0.409 e. The standard InChI is InChI=1S/C9H9N5O2/c1-6-3-2-4-7(12-9(15)16)8(6)14-11-5-10-13-14/h2-5,12H,1H3,(H,15,16). The highest BCUT2D eigenvalue weighted by Gasteiger charge is 2.11. The summed E-state index contributed by atoms with van der Waals surface area (Å²) in [5.74, 6) is 0. The van der Waals surface area contributed by atoms with Crippen LogP contribution in [0.5, 0.6) is 0 Å². The Kier molecular flexibility index (Phi) is 2.50. The average molecular weight is 219 g/mol. The Bertz CT molecular complexity index is 509. The number of anilines is 1. The SMILES string of the molecule is Cc1cccc(NC(=O)O)c1-n1ncnn1. The Morgan fingerprint density at radius 1 is 1.50 bits per heavy atom. The molecule has 16 heavy (non-hydrogen) atoms. The molecule has 2 rings (SSSR count). The summed E-state index contributed by atoms with van der Waals surface area (Å²) in [6.45, 7) is 1.84. The fourth-order valence-electron chi connectivity index (χ4n) is 1.41. The van der Waals surface area contributed by atoms with Gasteiger partial charge in [0.2, 0.25) is 0 Å². The molecule has 7 heteroatoms. The Morgan fingerprint density at radius 2 is 2.31 bits per heavy atom. The van der Waals surface area contributed by atoms with Crippen LogP contribution >= 0.6 is 0 Å². The van der Waals surface area contributed by atoms with Gasteiger partial charge in [-0.2, -0.15) is 0 Å². The molecule has 0 unspecified atom stereocenters. The lowest BCUT2D eigenvalue weighted by Gasteiger charge is -2.09. The van der Waals surface area contributed by atoms with Crippen LogP contribution in [0, 0.1) is 6.92 Å². The highest BCUT2D eigenvalue weighted by molar-refractivity contribution is 5.86. The lowest BCUT2D eigenvalue weighted by Crippen LogP contribution is -2.12. The van der Waals surface area contributed by atoms with E-state index in [4.69, 9.17) is 5.11 Å². The number of rotatable bonds is 2. The van der Waals surface area contributed by atoms with Crippen molar-refractivity contribution in [1.82, 2.24) is 20.2 Å². The maximum Gasteiger partial charge on any atom is 0.409 e. The van der Waals surface area contributed by atoms with Crippen molar-refractivity contribution in [2.75, 3.05) is 5.32 Å². The number of amides is 1. The quantitative estimate of drug-likeness (QED) is 0.787. The first-order chi connectivity index (χ1) is 7.68. The number of benzene rings is 1. The van der Waals surface area contributed by atoms with E-state index in [9.17, 15) is 4.79 Å². The van der Waals surface area contributed by atoms with Crippen molar-refractivity contribution in [2.24, 2.45) is 0 Å². The highest BCUT2D eigenvalue weighted by atomic mass is 16.4. The van der Waals surface area contributed by atoms with Crippen LogP contribution in [0.25, 0.3) is 5.69 Å². The first kappa shape index (κ1) is 10.1. The summed E-state index contributed by atoms with van der Waals surface area (Å²) >= 11 is 0. The zero-order valence-electron chi connectivity index (χ0n) is 8.45. The second-order valence-corrected chi connectivity index (χ2v) is 3.13. The molecule has 1 aromatic heterocycles. The van der Waals surface area contributed by atoms with Crippen molar-refractivity contribution >= 4 is 11.8 Å². The van der Waals surface area contributed by atoms with E-state index in [1.807, 2.05) is 13.0 Å². The molecule has 1 aromatic carbocycles. The van der Waals surface area contributed by atoms with E-state index in [-0.39, 0.29) is 0 Å². The Balaban J connectivity index is 2.53. The summed E-state index contributed by atoms with van der Waals surface area (Å²) < 4.78 is 0. The third-order valence-electron chi connectivity index (χ3n) is 2.03. The van der Waals surface area contributed by atoms with Gasteiger partial charge in [-0.05, 0) is 23.8 Å². The molecule has 0 radical (unpaired) electrons. The van der Waals surface area contributed by atoms with Crippen LogP contribution in [-0.2, 0) is 0 Å². The van der Waals surface area contributed by atoms with Gasteiger partial charge in [0, 0.05) is 0 Å². The predicted molar refractivity (Wildman–Crippen MR) is 55.5 cm³/mol. The van der Waals surface area contributed by atoms with Crippen LogP contribution in [0.2, 0.25) is 0 Å². The van der Waals surface area contributed by atoms with Crippen molar-refractivity contribution in [3.8, 4) is 5.69 Å². The van der Waals surface area contributed by atoms with Crippen molar-refractivity contribution in [2.45, 2.75) is 6.92 Å². The number of tetrazole rings is 1. The molecule has 0 atom stereocenters. The lowest BCUT2D eigenvalue weighted by molar-refractivity contribution is 0.209. The van der Waals surface area contributed by atoms with E-state index in [2.05, 4.69) is 20.7 Å². The number of aromatic nitrogens is 4. The molecule has 0 saturated carbocycles. The molecule has 0 aliphatic heterocycles. The van der Waals surface area contributed by atoms with Crippen LogP contribution in [0.15, 0.2) is 24.5 Å². The first-order valence-corrected chi connectivity index (χ1v) is 4.51. The van der Waals surface area contributed by atoms with Gasteiger partial charge >= 0.3 is 6.09 Å². The van der Waals surface area contributed by atoms with E-state index in [0.29, 0.717) is 11.4 Å². The predicted octanol–water partition coefficient (Wildman–Crippen LogP) is 1.06. The summed E-state index contributed by atoms with van der Waals surface area (Å²) in [6.07, 6.45) is 0.156. The van der Waals surface area contributed by atoms with Gasteiger partial charge in [0.1, 0.15) is 5.69 Å². The van der Waals surface area contributed by atoms with Crippen molar-refractivity contribution < 1.29 is 9.90 Å². The molecule has 2 N–H and O–H groups in total. The fraction of sp³-hybridized carbons (Fsp3) is 0.111. The zero-order valence-corrected chi connectivity index (χ0v) is 8.45. The van der Waals surface area contributed by atoms with Crippen molar-refractivity contribution in [3.05, 3.63) is 30.1 Å². The minimum Gasteiger partial charge on any atom is -0.465 e. The van der Waals surface area contributed by atoms with Gasteiger partial charge in [-0.15, -0.1) is 15.0 Å². The molecular formula is C9H9N5O2. The number of carbonyl (C=O) groups is 1. The van der Waals surface area contributed by atoms with Crippen molar-refractivity contribution in [1.29, 1.82) is 0 Å². The van der Waals surface area contributed by atoms with Crippen LogP contribution < -0.4 is 5.32 Å². The molecule has 0 spiro atoms. The number of carboxylic acid groups (broad SMARTS) is 1. The van der Waals surface area contributed by atoms with Gasteiger partial charge in [-0.3, -0.25) is 5.32 Å².